The first-order valence-corrected chi connectivity index (χ1v) is 5.48. The molecule has 86 valence electrons. The normalized spacial score (nSPS) is 16.3. The highest BCUT2D eigenvalue weighted by molar-refractivity contribution is 5.83. The van der Waals surface area contributed by atoms with E-state index in [1.54, 1.807) is 4.90 Å². The third-order valence-corrected chi connectivity index (χ3v) is 2.68. The van der Waals surface area contributed by atoms with Crippen LogP contribution in [0.5, 0.6) is 0 Å². The molecule has 1 saturated carbocycles. The summed E-state index contributed by atoms with van der Waals surface area (Å²) in [6, 6.07) is 0.00671. The summed E-state index contributed by atoms with van der Waals surface area (Å²) in [5.74, 6) is -0.451. The van der Waals surface area contributed by atoms with E-state index in [1.165, 1.54) is 0 Å². The van der Waals surface area contributed by atoms with Gasteiger partial charge in [-0.2, -0.15) is 0 Å². The van der Waals surface area contributed by atoms with Crippen LogP contribution < -0.4 is 11.1 Å². The molecule has 1 rings (SSSR count). The fourth-order valence-corrected chi connectivity index (χ4v) is 2.00. The Kier molecular flexibility index (Phi) is 4.39. The average molecular weight is 213 g/mol. The van der Waals surface area contributed by atoms with Crippen LogP contribution in [0.3, 0.4) is 0 Å². The fraction of sp³-hybridized carbons (Fsp3) is 0.800. The van der Waals surface area contributed by atoms with Gasteiger partial charge in [-0.3, -0.25) is 4.79 Å². The smallest absolute Gasteiger partial charge is 0.318 e. The number of nitrogens with zero attached hydrogens (tertiary/aromatic N) is 1. The first-order valence-electron chi connectivity index (χ1n) is 5.48. The van der Waals surface area contributed by atoms with Crippen molar-refractivity contribution in [1.82, 2.24) is 10.2 Å². The van der Waals surface area contributed by atoms with E-state index in [0.29, 0.717) is 6.54 Å². The van der Waals surface area contributed by atoms with Crippen LogP contribution in [-0.4, -0.2) is 36.0 Å². The number of primary amides is 1. The Balaban J connectivity index is 2.58. The Morgan fingerprint density at radius 3 is 2.47 bits per heavy atom. The lowest BCUT2D eigenvalue weighted by Gasteiger charge is -2.27. The van der Waals surface area contributed by atoms with Gasteiger partial charge in [-0.25, -0.2) is 4.79 Å². The summed E-state index contributed by atoms with van der Waals surface area (Å²) in [4.78, 5) is 24.1. The third-order valence-electron chi connectivity index (χ3n) is 2.68. The molecule has 15 heavy (non-hydrogen) atoms. The maximum absolute atomic E-state index is 11.7. The second-order valence-electron chi connectivity index (χ2n) is 3.87. The second-order valence-corrected chi connectivity index (χ2v) is 3.87. The molecule has 0 atom stereocenters. The van der Waals surface area contributed by atoms with Gasteiger partial charge in [-0.05, 0) is 19.8 Å². The number of carbonyl (C=O) groups excluding carboxylic acids is 2. The van der Waals surface area contributed by atoms with E-state index < -0.39 is 5.91 Å². The van der Waals surface area contributed by atoms with Crippen molar-refractivity contribution in [2.24, 2.45) is 5.73 Å². The Morgan fingerprint density at radius 1 is 1.40 bits per heavy atom. The van der Waals surface area contributed by atoms with Gasteiger partial charge in [0.25, 0.3) is 0 Å². The lowest BCUT2D eigenvalue weighted by Crippen LogP contribution is -2.48. The van der Waals surface area contributed by atoms with Crippen molar-refractivity contribution in [2.75, 3.05) is 13.1 Å². The van der Waals surface area contributed by atoms with Crippen molar-refractivity contribution in [3.8, 4) is 0 Å². The zero-order valence-corrected chi connectivity index (χ0v) is 9.16. The van der Waals surface area contributed by atoms with Gasteiger partial charge < -0.3 is 16.0 Å². The summed E-state index contributed by atoms with van der Waals surface area (Å²) >= 11 is 0. The van der Waals surface area contributed by atoms with Crippen LogP contribution in [0, 0.1) is 0 Å². The minimum Gasteiger partial charge on any atom is -0.368 e. The van der Waals surface area contributed by atoms with Crippen molar-refractivity contribution >= 4 is 11.9 Å². The van der Waals surface area contributed by atoms with Gasteiger partial charge in [0.2, 0.25) is 5.91 Å². The molecule has 3 amide bonds. The Morgan fingerprint density at radius 2 is 2.00 bits per heavy atom. The van der Waals surface area contributed by atoms with Gasteiger partial charge in [-0.15, -0.1) is 0 Å². The molecule has 0 aromatic carbocycles. The monoisotopic (exact) mass is 213 g/mol. The summed E-state index contributed by atoms with van der Waals surface area (Å²) in [5.41, 5.74) is 5.13. The third kappa shape index (κ3) is 3.42. The van der Waals surface area contributed by atoms with E-state index in [9.17, 15) is 9.59 Å². The van der Waals surface area contributed by atoms with Gasteiger partial charge in [0, 0.05) is 12.6 Å². The van der Waals surface area contributed by atoms with E-state index in [2.05, 4.69) is 5.32 Å². The largest absolute Gasteiger partial charge is 0.368 e. The second kappa shape index (κ2) is 5.58. The Hall–Kier alpha value is -1.26. The molecule has 0 spiro atoms. The SMILES string of the molecule is CCNC(=O)N(CC(N)=O)C1CCCC1. The molecule has 3 N–H and O–H groups in total. The maximum Gasteiger partial charge on any atom is 0.318 e. The molecule has 0 aliphatic heterocycles. The van der Waals surface area contributed by atoms with Crippen molar-refractivity contribution < 1.29 is 9.59 Å². The van der Waals surface area contributed by atoms with Crippen LogP contribution in [0.4, 0.5) is 4.79 Å². The van der Waals surface area contributed by atoms with E-state index >= 15 is 0 Å². The number of nitrogens with one attached hydrogen (secondary N) is 1. The van der Waals surface area contributed by atoms with Crippen molar-refractivity contribution in [3.63, 3.8) is 0 Å². The number of hydrogen-bond acceptors (Lipinski definition) is 2. The van der Waals surface area contributed by atoms with Crippen molar-refractivity contribution in [3.05, 3.63) is 0 Å². The lowest BCUT2D eigenvalue weighted by atomic mass is 10.2. The summed E-state index contributed by atoms with van der Waals surface area (Å²) in [6.45, 7) is 2.45. The molecule has 1 aliphatic carbocycles. The molecular weight excluding hydrogens is 194 g/mol. The van der Waals surface area contributed by atoms with Gasteiger partial charge in [-0.1, -0.05) is 12.8 Å². The number of rotatable bonds is 4. The minimum atomic E-state index is -0.451. The van der Waals surface area contributed by atoms with Gasteiger partial charge >= 0.3 is 6.03 Å². The average Bonchev–Trinajstić information content (AvgIpc) is 2.66. The summed E-state index contributed by atoms with van der Waals surface area (Å²) in [5, 5.41) is 2.71. The maximum atomic E-state index is 11.7. The zero-order valence-electron chi connectivity index (χ0n) is 9.16. The van der Waals surface area contributed by atoms with Gasteiger partial charge in [0.15, 0.2) is 0 Å². The van der Waals surface area contributed by atoms with Crippen LogP contribution in [-0.2, 0) is 4.79 Å². The Labute approximate surface area is 90.0 Å². The lowest BCUT2D eigenvalue weighted by molar-refractivity contribution is -0.119. The van der Waals surface area contributed by atoms with Crippen molar-refractivity contribution in [1.29, 1.82) is 0 Å². The minimum absolute atomic E-state index is 0.0243. The van der Waals surface area contributed by atoms with Crippen LogP contribution in [0.2, 0.25) is 0 Å². The predicted octanol–water partition coefficient (Wildman–Crippen LogP) is 0.446. The first-order chi connectivity index (χ1) is 7.15. The molecule has 1 fully saturated rings. The molecule has 0 heterocycles. The van der Waals surface area contributed by atoms with Crippen molar-refractivity contribution in [2.45, 2.75) is 38.6 Å². The predicted molar refractivity (Wildman–Crippen MR) is 57.2 cm³/mol. The molecule has 1 aliphatic rings. The molecule has 5 heteroatoms. The first kappa shape index (κ1) is 11.8. The van der Waals surface area contributed by atoms with E-state index in [-0.39, 0.29) is 18.6 Å². The van der Waals surface area contributed by atoms with E-state index in [4.69, 9.17) is 5.73 Å². The molecule has 0 radical (unpaired) electrons. The van der Waals surface area contributed by atoms with Crippen LogP contribution >= 0.6 is 0 Å². The van der Waals surface area contributed by atoms with Gasteiger partial charge in [0.05, 0.1) is 0 Å². The summed E-state index contributed by atoms with van der Waals surface area (Å²) in [7, 11) is 0. The highest BCUT2D eigenvalue weighted by Gasteiger charge is 2.27. The fourth-order valence-electron chi connectivity index (χ4n) is 2.00. The van der Waals surface area contributed by atoms with Crippen LogP contribution in [0.25, 0.3) is 0 Å². The molecule has 5 nitrogen and oxygen atoms in total. The number of amides is 3. The highest BCUT2D eigenvalue weighted by Crippen LogP contribution is 2.23. The number of urea groups is 1. The quantitative estimate of drug-likeness (QED) is 0.711. The van der Waals surface area contributed by atoms with Crippen LogP contribution in [0.1, 0.15) is 32.6 Å². The van der Waals surface area contributed by atoms with Crippen LogP contribution in [0.15, 0.2) is 0 Å². The molecule has 0 bridgehead atoms. The number of nitrogens with two attached hydrogens (primary N) is 1. The molecule has 0 aromatic rings. The highest BCUT2D eigenvalue weighted by atomic mass is 16.2. The topological polar surface area (TPSA) is 75.4 Å². The molecule has 0 unspecified atom stereocenters. The summed E-state index contributed by atoms with van der Waals surface area (Å²) in [6.07, 6.45) is 4.20. The molecule has 0 saturated heterocycles. The number of hydrogen-bond donors (Lipinski definition) is 2. The standard InChI is InChI=1S/C10H19N3O2/c1-2-12-10(15)13(7-9(11)14)8-5-3-4-6-8/h8H,2-7H2,1H3,(H2,11,14)(H,12,15). The zero-order chi connectivity index (χ0) is 11.3. The van der Waals surface area contributed by atoms with E-state index in [1.807, 2.05) is 6.92 Å². The Bertz CT molecular complexity index is 237. The number of carbonyl (C=O) groups is 2. The summed E-state index contributed by atoms with van der Waals surface area (Å²) < 4.78 is 0. The van der Waals surface area contributed by atoms with Gasteiger partial charge in [0.1, 0.15) is 6.54 Å². The molecular formula is C10H19N3O2. The van der Waals surface area contributed by atoms with E-state index in [0.717, 1.165) is 25.7 Å². The molecule has 0 aromatic heterocycles.